The fourth-order valence-electron chi connectivity index (χ4n) is 1.37. The first-order chi connectivity index (χ1) is 8.12. The van der Waals surface area contributed by atoms with Crippen LogP contribution in [-0.4, -0.2) is 32.8 Å². The van der Waals surface area contributed by atoms with Crippen molar-refractivity contribution in [2.45, 2.75) is 23.8 Å². The molecular formula is C11H15NO4S. The third-order valence-corrected chi connectivity index (χ3v) is 3.93. The predicted octanol–water partition coefficient (Wildman–Crippen LogP) is 0.498. The van der Waals surface area contributed by atoms with Gasteiger partial charge < -0.3 is 9.84 Å². The monoisotopic (exact) mass is 257 g/mol. The zero-order valence-corrected chi connectivity index (χ0v) is 10.1. The van der Waals surface area contributed by atoms with E-state index >= 15 is 0 Å². The summed E-state index contributed by atoms with van der Waals surface area (Å²) in [5, 5.41) is 8.59. The molecule has 0 aliphatic heterocycles. The number of benzene rings is 1. The third-order valence-electron chi connectivity index (χ3n) is 2.39. The van der Waals surface area contributed by atoms with Gasteiger partial charge in [0, 0.05) is 6.04 Å². The summed E-state index contributed by atoms with van der Waals surface area (Å²) in [5.41, 5.74) is 0. The van der Waals surface area contributed by atoms with E-state index in [9.17, 15) is 8.42 Å². The second-order valence-corrected chi connectivity index (χ2v) is 5.65. The Morgan fingerprint density at radius 1 is 1.29 bits per heavy atom. The Morgan fingerprint density at radius 3 is 2.47 bits per heavy atom. The van der Waals surface area contributed by atoms with E-state index in [1.807, 2.05) is 0 Å². The molecule has 1 aliphatic rings. The molecule has 2 N–H and O–H groups in total. The molecule has 1 aromatic rings. The number of sulfonamides is 1. The number of aliphatic hydroxyl groups is 1. The number of nitrogens with one attached hydrogen (secondary N) is 1. The van der Waals surface area contributed by atoms with Crippen molar-refractivity contribution >= 4 is 10.0 Å². The van der Waals surface area contributed by atoms with Gasteiger partial charge in [-0.05, 0) is 37.1 Å². The lowest BCUT2D eigenvalue weighted by Gasteiger charge is -2.07. The Bertz CT molecular complexity index is 465. The van der Waals surface area contributed by atoms with Gasteiger partial charge in [-0.25, -0.2) is 13.1 Å². The van der Waals surface area contributed by atoms with E-state index in [4.69, 9.17) is 9.84 Å². The van der Waals surface area contributed by atoms with E-state index < -0.39 is 10.0 Å². The molecule has 1 fully saturated rings. The van der Waals surface area contributed by atoms with Crippen LogP contribution in [0.15, 0.2) is 29.2 Å². The summed E-state index contributed by atoms with van der Waals surface area (Å²) >= 11 is 0. The lowest BCUT2D eigenvalue weighted by molar-refractivity contribution is 0.201. The van der Waals surface area contributed by atoms with Crippen LogP contribution in [0.4, 0.5) is 0 Å². The molecule has 0 bridgehead atoms. The van der Waals surface area contributed by atoms with Gasteiger partial charge in [-0.2, -0.15) is 0 Å². The molecular weight excluding hydrogens is 242 g/mol. The van der Waals surface area contributed by atoms with Gasteiger partial charge in [-0.1, -0.05) is 0 Å². The van der Waals surface area contributed by atoms with Crippen LogP contribution in [0.2, 0.25) is 0 Å². The lowest BCUT2D eigenvalue weighted by Crippen LogP contribution is -2.25. The molecule has 0 saturated heterocycles. The summed E-state index contributed by atoms with van der Waals surface area (Å²) in [5.74, 6) is 0.546. The van der Waals surface area contributed by atoms with Crippen molar-refractivity contribution in [3.63, 3.8) is 0 Å². The Labute approximate surface area is 100 Å². The van der Waals surface area contributed by atoms with E-state index in [0.29, 0.717) is 5.75 Å². The summed E-state index contributed by atoms with van der Waals surface area (Å²) in [6.45, 7) is 0.135. The molecule has 1 saturated carbocycles. The predicted molar refractivity (Wildman–Crippen MR) is 62.4 cm³/mol. The highest BCUT2D eigenvalue weighted by atomic mass is 32.2. The summed E-state index contributed by atoms with van der Waals surface area (Å²) in [6.07, 6.45) is 1.83. The summed E-state index contributed by atoms with van der Waals surface area (Å²) in [6, 6.07) is 6.26. The largest absolute Gasteiger partial charge is 0.491 e. The molecule has 17 heavy (non-hydrogen) atoms. The fraction of sp³-hybridized carbons (Fsp3) is 0.455. The zero-order valence-electron chi connectivity index (χ0n) is 9.30. The van der Waals surface area contributed by atoms with Gasteiger partial charge in [0.05, 0.1) is 11.5 Å². The quantitative estimate of drug-likeness (QED) is 0.778. The molecule has 0 unspecified atom stereocenters. The van der Waals surface area contributed by atoms with E-state index in [1.165, 1.54) is 12.1 Å². The smallest absolute Gasteiger partial charge is 0.240 e. The van der Waals surface area contributed by atoms with E-state index in [-0.39, 0.29) is 24.2 Å². The van der Waals surface area contributed by atoms with Gasteiger partial charge >= 0.3 is 0 Å². The van der Waals surface area contributed by atoms with E-state index in [0.717, 1.165) is 12.8 Å². The van der Waals surface area contributed by atoms with Crippen LogP contribution < -0.4 is 9.46 Å². The molecule has 1 aliphatic carbocycles. The highest BCUT2D eigenvalue weighted by Crippen LogP contribution is 2.23. The van der Waals surface area contributed by atoms with Crippen molar-refractivity contribution < 1.29 is 18.3 Å². The van der Waals surface area contributed by atoms with Gasteiger partial charge in [0.15, 0.2) is 0 Å². The van der Waals surface area contributed by atoms with E-state index in [2.05, 4.69) is 4.72 Å². The highest BCUT2D eigenvalue weighted by molar-refractivity contribution is 7.89. The minimum Gasteiger partial charge on any atom is -0.491 e. The first-order valence-electron chi connectivity index (χ1n) is 5.48. The van der Waals surface area contributed by atoms with Crippen molar-refractivity contribution in [2.24, 2.45) is 0 Å². The normalized spacial score (nSPS) is 15.8. The molecule has 0 amide bonds. The number of hydrogen-bond acceptors (Lipinski definition) is 4. The van der Waals surface area contributed by atoms with Crippen LogP contribution in [0.5, 0.6) is 5.75 Å². The van der Waals surface area contributed by atoms with Crippen molar-refractivity contribution in [3.8, 4) is 5.75 Å². The summed E-state index contributed by atoms with van der Waals surface area (Å²) in [7, 11) is -3.39. The molecule has 5 nitrogen and oxygen atoms in total. The van der Waals surface area contributed by atoms with Crippen molar-refractivity contribution in [1.29, 1.82) is 0 Å². The van der Waals surface area contributed by atoms with Gasteiger partial charge in [-0.15, -0.1) is 0 Å². The number of ether oxygens (including phenoxy) is 1. The molecule has 0 aromatic heterocycles. The van der Waals surface area contributed by atoms with Crippen molar-refractivity contribution in [2.75, 3.05) is 13.2 Å². The van der Waals surface area contributed by atoms with Gasteiger partial charge in [0.1, 0.15) is 12.4 Å². The maximum absolute atomic E-state index is 11.8. The number of rotatable bonds is 6. The fourth-order valence-corrected chi connectivity index (χ4v) is 2.67. The molecule has 1 aromatic carbocycles. The third kappa shape index (κ3) is 3.42. The average Bonchev–Trinajstić information content (AvgIpc) is 3.10. The Balaban J connectivity index is 2.05. The van der Waals surface area contributed by atoms with Crippen LogP contribution in [0, 0.1) is 0 Å². The second-order valence-electron chi connectivity index (χ2n) is 3.94. The van der Waals surface area contributed by atoms with Gasteiger partial charge in [-0.3, -0.25) is 0 Å². The molecule has 0 radical (unpaired) electrons. The first kappa shape index (κ1) is 12.3. The van der Waals surface area contributed by atoms with Crippen molar-refractivity contribution in [3.05, 3.63) is 24.3 Å². The molecule has 6 heteroatoms. The minimum atomic E-state index is -3.39. The van der Waals surface area contributed by atoms with Crippen LogP contribution in [-0.2, 0) is 10.0 Å². The highest BCUT2D eigenvalue weighted by Gasteiger charge is 2.27. The molecule has 94 valence electrons. The first-order valence-corrected chi connectivity index (χ1v) is 6.96. The number of aliphatic hydroxyl groups excluding tert-OH is 1. The molecule has 2 rings (SSSR count). The van der Waals surface area contributed by atoms with Crippen LogP contribution in [0.1, 0.15) is 12.8 Å². The molecule has 0 atom stereocenters. The summed E-state index contributed by atoms with van der Waals surface area (Å²) < 4.78 is 31.4. The zero-order chi connectivity index (χ0) is 12.3. The number of hydrogen-bond donors (Lipinski definition) is 2. The van der Waals surface area contributed by atoms with Crippen LogP contribution in [0.25, 0.3) is 0 Å². The lowest BCUT2D eigenvalue weighted by atomic mass is 10.3. The average molecular weight is 257 g/mol. The maximum Gasteiger partial charge on any atom is 0.240 e. The molecule has 0 spiro atoms. The minimum absolute atomic E-state index is 0.0662. The van der Waals surface area contributed by atoms with Crippen molar-refractivity contribution in [1.82, 2.24) is 4.72 Å². The molecule has 0 heterocycles. The topological polar surface area (TPSA) is 75.6 Å². The van der Waals surface area contributed by atoms with Crippen LogP contribution in [0.3, 0.4) is 0 Å². The Morgan fingerprint density at radius 2 is 1.94 bits per heavy atom. The summed E-state index contributed by atoms with van der Waals surface area (Å²) in [4.78, 5) is 0.237. The van der Waals surface area contributed by atoms with Gasteiger partial charge in [0.2, 0.25) is 10.0 Å². The Hall–Kier alpha value is -1.11. The second kappa shape index (κ2) is 5.03. The SMILES string of the molecule is O=S(=O)(NC1CC1)c1ccc(OCCO)cc1. The standard InChI is InChI=1S/C11H15NO4S/c13-7-8-16-10-3-5-11(6-4-10)17(14,15)12-9-1-2-9/h3-6,9,12-13H,1-2,7-8H2. The maximum atomic E-state index is 11.8. The van der Waals surface area contributed by atoms with Gasteiger partial charge in [0.25, 0.3) is 0 Å². The van der Waals surface area contributed by atoms with E-state index in [1.54, 1.807) is 12.1 Å². The Kier molecular flexibility index (Phi) is 3.66. The van der Waals surface area contributed by atoms with Crippen LogP contribution >= 0.6 is 0 Å².